The van der Waals surface area contributed by atoms with Crippen LogP contribution in [0.1, 0.15) is 11.4 Å². The van der Waals surface area contributed by atoms with Crippen LogP contribution in [-0.2, 0) is 6.54 Å². The lowest BCUT2D eigenvalue weighted by Gasteiger charge is -2.02. The summed E-state index contributed by atoms with van der Waals surface area (Å²) in [5.41, 5.74) is 10.00. The van der Waals surface area contributed by atoms with Crippen LogP contribution in [0.2, 0.25) is 0 Å². The molecule has 0 radical (unpaired) electrons. The molecule has 24 heavy (non-hydrogen) atoms. The highest BCUT2D eigenvalue weighted by molar-refractivity contribution is 5.98. The number of nitrogens with two attached hydrogens (primary N) is 1. The Morgan fingerprint density at radius 3 is 2.67 bits per heavy atom. The Morgan fingerprint density at radius 1 is 1.12 bits per heavy atom. The summed E-state index contributed by atoms with van der Waals surface area (Å²) in [7, 11) is 0. The fraction of sp³-hybridized carbons (Fsp3) is 0.0625. The van der Waals surface area contributed by atoms with Gasteiger partial charge in [0.25, 0.3) is 0 Å². The number of amidine groups is 1. The Kier molecular flexibility index (Phi) is 5.11. The van der Waals surface area contributed by atoms with Crippen molar-refractivity contribution in [2.45, 2.75) is 6.54 Å². The van der Waals surface area contributed by atoms with Crippen LogP contribution in [0.4, 0.5) is 0 Å². The van der Waals surface area contributed by atoms with Gasteiger partial charge in [0, 0.05) is 5.56 Å². The van der Waals surface area contributed by atoms with Crippen molar-refractivity contribution in [2.75, 3.05) is 0 Å². The summed E-state index contributed by atoms with van der Waals surface area (Å²) >= 11 is 0. The van der Waals surface area contributed by atoms with Gasteiger partial charge in [-0.1, -0.05) is 12.1 Å². The molecule has 4 N–H and O–H groups in total. The topological polar surface area (TPSA) is 96.4 Å². The highest BCUT2D eigenvalue weighted by Crippen LogP contribution is 2.17. The number of hydrogen-bond acceptors (Lipinski definition) is 3. The SMILES string of the molecule is Cl.Cl.N=C(N)c1ccc2c(c1)ncn2Cc1nc2ccccc2[nH]1. The molecule has 4 aromatic rings. The number of aromatic nitrogens is 4. The van der Waals surface area contributed by atoms with Crippen molar-refractivity contribution in [3.63, 3.8) is 0 Å². The van der Waals surface area contributed by atoms with Gasteiger partial charge in [0.1, 0.15) is 11.7 Å². The molecular formula is C16H16Cl2N6. The molecule has 0 spiro atoms. The van der Waals surface area contributed by atoms with Crippen molar-refractivity contribution < 1.29 is 0 Å². The quantitative estimate of drug-likeness (QED) is 0.385. The summed E-state index contributed by atoms with van der Waals surface area (Å²) in [6, 6.07) is 13.6. The highest BCUT2D eigenvalue weighted by Gasteiger charge is 2.08. The summed E-state index contributed by atoms with van der Waals surface area (Å²) in [6.45, 7) is 0.616. The Labute approximate surface area is 150 Å². The maximum atomic E-state index is 7.49. The largest absolute Gasteiger partial charge is 0.384 e. The number of nitrogen functional groups attached to an aromatic ring is 1. The second kappa shape index (κ2) is 6.90. The van der Waals surface area contributed by atoms with E-state index in [0.29, 0.717) is 12.1 Å². The van der Waals surface area contributed by atoms with E-state index in [-0.39, 0.29) is 30.6 Å². The van der Waals surface area contributed by atoms with Crippen molar-refractivity contribution in [3.05, 3.63) is 60.2 Å². The fourth-order valence-electron chi connectivity index (χ4n) is 2.60. The molecule has 0 aliphatic rings. The van der Waals surface area contributed by atoms with Crippen LogP contribution in [0.15, 0.2) is 48.8 Å². The minimum Gasteiger partial charge on any atom is -0.384 e. The molecule has 0 saturated carbocycles. The van der Waals surface area contributed by atoms with Crippen LogP contribution >= 0.6 is 24.8 Å². The molecular weight excluding hydrogens is 347 g/mol. The van der Waals surface area contributed by atoms with Crippen LogP contribution < -0.4 is 5.73 Å². The van der Waals surface area contributed by atoms with Gasteiger partial charge < -0.3 is 15.3 Å². The average molecular weight is 363 g/mol. The molecule has 4 rings (SSSR count). The van der Waals surface area contributed by atoms with Crippen LogP contribution in [0.25, 0.3) is 22.1 Å². The van der Waals surface area contributed by atoms with Crippen molar-refractivity contribution >= 4 is 52.7 Å². The summed E-state index contributed by atoms with van der Waals surface area (Å²) in [6.07, 6.45) is 1.78. The molecule has 0 amide bonds. The van der Waals surface area contributed by atoms with Gasteiger partial charge in [-0.05, 0) is 30.3 Å². The van der Waals surface area contributed by atoms with Crippen molar-refractivity contribution in [1.82, 2.24) is 19.5 Å². The van der Waals surface area contributed by atoms with Crippen molar-refractivity contribution in [1.29, 1.82) is 5.41 Å². The molecule has 0 saturated heterocycles. The number of benzene rings is 2. The summed E-state index contributed by atoms with van der Waals surface area (Å²) in [5, 5.41) is 7.49. The molecule has 2 aromatic heterocycles. The van der Waals surface area contributed by atoms with E-state index in [4.69, 9.17) is 11.1 Å². The molecule has 124 valence electrons. The number of para-hydroxylation sites is 2. The molecule has 0 bridgehead atoms. The number of fused-ring (bicyclic) bond motifs is 2. The monoisotopic (exact) mass is 362 g/mol. The van der Waals surface area contributed by atoms with Gasteiger partial charge in [-0.15, -0.1) is 24.8 Å². The van der Waals surface area contributed by atoms with Gasteiger partial charge in [0.15, 0.2) is 0 Å². The molecule has 0 aliphatic carbocycles. The number of imidazole rings is 2. The number of aromatic amines is 1. The maximum absolute atomic E-state index is 7.49. The number of rotatable bonds is 3. The van der Waals surface area contributed by atoms with Crippen LogP contribution in [0.3, 0.4) is 0 Å². The predicted octanol–water partition coefficient (Wildman–Crippen LogP) is 3.09. The Balaban J connectivity index is 0.00000104. The van der Waals surface area contributed by atoms with Gasteiger partial charge in [0.2, 0.25) is 0 Å². The smallest absolute Gasteiger partial charge is 0.127 e. The van der Waals surface area contributed by atoms with Crippen LogP contribution in [0.5, 0.6) is 0 Å². The van der Waals surface area contributed by atoms with Gasteiger partial charge in [-0.2, -0.15) is 0 Å². The third kappa shape index (κ3) is 3.06. The maximum Gasteiger partial charge on any atom is 0.127 e. The second-order valence-electron chi connectivity index (χ2n) is 5.19. The summed E-state index contributed by atoms with van der Waals surface area (Å²) in [5.74, 6) is 0.935. The van der Waals surface area contributed by atoms with E-state index >= 15 is 0 Å². The highest BCUT2D eigenvalue weighted by atomic mass is 35.5. The molecule has 0 unspecified atom stereocenters. The first-order valence-corrected chi connectivity index (χ1v) is 6.93. The van der Waals surface area contributed by atoms with E-state index in [2.05, 4.69) is 15.0 Å². The van der Waals surface area contributed by atoms with Crippen LogP contribution in [-0.4, -0.2) is 25.4 Å². The zero-order chi connectivity index (χ0) is 15.1. The zero-order valence-electron chi connectivity index (χ0n) is 12.6. The lowest BCUT2D eigenvalue weighted by Crippen LogP contribution is -2.10. The first-order valence-electron chi connectivity index (χ1n) is 6.93. The van der Waals surface area contributed by atoms with E-state index in [0.717, 1.165) is 27.9 Å². The molecule has 0 fully saturated rings. The van der Waals surface area contributed by atoms with Crippen molar-refractivity contribution in [3.8, 4) is 0 Å². The normalized spacial score (nSPS) is 10.3. The lowest BCUT2D eigenvalue weighted by atomic mass is 10.2. The molecule has 8 heteroatoms. The fourth-order valence-corrected chi connectivity index (χ4v) is 2.60. The standard InChI is InChI=1S/C16H14N6.2ClH/c17-16(18)10-5-6-14-13(7-10)19-9-22(14)8-15-20-11-3-1-2-4-12(11)21-15;;/h1-7,9H,8H2,(H3,17,18)(H,20,21);2*1H. The summed E-state index contributed by atoms with van der Waals surface area (Å²) < 4.78 is 2.02. The number of H-pyrrole nitrogens is 1. The number of halogens is 2. The number of hydrogen-bond donors (Lipinski definition) is 3. The number of nitrogens with one attached hydrogen (secondary N) is 2. The van der Waals surface area contributed by atoms with Gasteiger partial charge in [-0.3, -0.25) is 5.41 Å². The van der Waals surface area contributed by atoms with Crippen LogP contribution in [0, 0.1) is 5.41 Å². The molecule has 0 atom stereocenters. The van der Waals surface area contributed by atoms with E-state index in [1.807, 2.05) is 47.0 Å². The van der Waals surface area contributed by atoms with E-state index in [1.165, 1.54) is 0 Å². The minimum atomic E-state index is 0. The first-order chi connectivity index (χ1) is 10.7. The Morgan fingerprint density at radius 2 is 1.92 bits per heavy atom. The van der Waals surface area contributed by atoms with Gasteiger partial charge in [0.05, 0.1) is 34.9 Å². The lowest BCUT2D eigenvalue weighted by molar-refractivity contribution is 0.781. The summed E-state index contributed by atoms with van der Waals surface area (Å²) in [4.78, 5) is 12.3. The molecule has 0 aliphatic heterocycles. The average Bonchev–Trinajstić information content (AvgIpc) is 3.10. The molecule has 6 nitrogen and oxygen atoms in total. The van der Waals surface area contributed by atoms with Gasteiger partial charge in [-0.25, -0.2) is 9.97 Å². The Bertz CT molecular complexity index is 971. The minimum absolute atomic E-state index is 0. The zero-order valence-corrected chi connectivity index (χ0v) is 14.2. The third-order valence-corrected chi connectivity index (χ3v) is 3.69. The third-order valence-electron chi connectivity index (χ3n) is 3.69. The van der Waals surface area contributed by atoms with E-state index in [1.54, 1.807) is 6.33 Å². The molecule has 2 heterocycles. The Hall–Kier alpha value is -2.57. The van der Waals surface area contributed by atoms with Gasteiger partial charge >= 0.3 is 0 Å². The van der Waals surface area contributed by atoms with E-state index in [9.17, 15) is 0 Å². The number of nitrogens with zero attached hydrogens (tertiary/aromatic N) is 3. The van der Waals surface area contributed by atoms with Crippen molar-refractivity contribution in [2.24, 2.45) is 5.73 Å². The first kappa shape index (κ1) is 17.8. The molecule has 2 aromatic carbocycles. The van der Waals surface area contributed by atoms with E-state index < -0.39 is 0 Å². The second-order valence-corrected chi connectivity index (χ2v) is 5.19. The predicted molar refractivity (Wildman–Crippen MR) is 100 cm³/mol.